The first-order chi connectivity index (χ1) is 14.3. The number of hydrogen-bond donors (Lipinski definition) is 1. The number of hydrogen-bond acceptors (Lipinski definition) is 2. The lowest BCUT2D eigenvalue weighted by Gasteiger charge is -2.18. The number of aryl methyl sites for hydroxylation is 4. The number of amides is 2. The fourth-order valence-corrected chi connectivity index (χ4v) is 3.19. The number of carbonyl (C=O) groups is 2. The standard InChI is InChI=1S/C26H28N2O2/c1-17-6-10-22(14-19(17)3)25(29)27-16-21-8-12-24(13-9-21)28(5)26(30)23-11-7-18(2)20(4)15-23/h6-15H,16H2,1-5H3,(H,27,29). The van der Waals surface area contributed by atoms with Crippen LogP contribution < -0.4 is 10.2 Å². The molecule has 0 saturated heterocycles. The van der Waals surface area contributed by atoms with Crippen LogP contribution >= 0.6 is 0 Å². The van der Waals surface area contributed by atoms with Crippen molar-refractivity contribution in [1.82, 2.24) is 5.32 Å². The Morgan fingerprint density at radius 1 is 0.733 bits per heavy atom. The zero-order valence-corrected chi connectivity index (χ0v) is 18.2. The number of nitrogens with one attached hydrogen (secondary N) is 1. The molecule has 0 unspecified atom stereocenters. The Morgan fingerprint density at radius 3 is 1.83 bits per heavy atom. The highest BCUT2D eigenvalue weighted by atomic mass is 16.2. The molecule has 3 aromatic carbocycles. The Morgan fingerprint density at radius 2 is 1.27 bits per heavy atom. The average molecular weight is 401 g/mol. The molecule has 0 atom stereocenters. The van der Waals surface area contributed by atoms with Gasteiger partial charge in [0.15, 0.2) is 0 Å². The zero-order chi connectivity index (χ0) is 21.8. The van der Waals surface area contributed by atoms with E-state index < -0.39 is 0 Å². The van der Waals surface area contributed by atoms with Gasteiger partial charge in [-0.3, -0.25) is 9.59 Å². The average Bonchev–Trinajstić information content (AvgIpc) is 2.75. The molecular formula is C26H28N2O2. The smallest absolute Gasteiger partial charge is 0.258 e. The normalized spacial score (nSPS) is 10.6. The van der Waals surface area contributed by atoms with E-state index in [0.717, 1.165) is 22.4 Å². The summed E-state index contributed by atoms with van der Waals surface area (Å²) in [6.45, 7) is 8.50. The minimum Gasteiger partial charge on any atom is -0.348 e. The van der Waals surface area contributed by atoms with Crippen molar-refractivity contribution in [3.8, 4) is 0 Å². The summed E-state index contributed by atoms with van der Waals surface area (Å²) in [5.41, 5.74) is 7.65. The minimum atomic E-state index is -0.0933. The Balaban J connectivity index is 1.63. The van der Waals surface area contributed by atoms with Crippen molar-refractivity contribution in [2.24, 2.45) is 0 Å². The molecule has 2 amide bonds. The Kier molecular flexibility index (Phi) is 6.36. The van der Waals surface area contributed by atoms with E-state index in [0.29, 0.717) is 17.7 Å². The molecule has 4 heteroatoms. The summed E-state index contributed by atoms with van der Waals surface area (Å²) < 4.78 is 0. The van der Waals surface area contributed by atoms with Crippen molar-refractivity contribution in [2.75, 3.05) is 11.9 Å². The largest absolute Gasteiger partial charge is 0.348 e. The maximum Gasteiger partial charge on any atom is 0.258 e. The molecule has 1 N–H and O–H groups in total. The summed E-state index contributed by atoms with van der Waals surface area (Å²) in [5, 5.41) is 2.95. The van der Waals surface area contributed by atoms with Gasteiger partial charge in [-0.2, -0.15) is 0 Å². The third-order valence-electron chi connectivity index (χ3n) is 5.60. The van der Waals surface area contributed by atoms with E-state index in [-0.39, 0.29) is 11.8 Å². The topological polar surface area (TPSA) is 49.4 Å². The highest BCUT2D eigenvalue weighted by molar-refractivity contribution is 6.05. The Labute approximate surface area is 178 Å². The van der Waals surface area contributed by atoms with Crippen LogP contribution in [0.1, 0.15) is 48.5 Å². The maximum atomic E-state index is 12.8. The van der Waals surface area contributed by atoms with Gasteiger partial charge in [0.05, 0.1) is 0 Å². The van der Waals surface area contributed by atoms with Crippen LogP contribution in [-0.4, -0.2) is 18.9 Å². The predicted molar refractivity (Wildman–Crippen MR) is 122 cm³/mol. The van der Waals surface area contributed by atoms with Crippen molar-refractivity contribution in [2.45, 2.75) is 34.2 Å². The van der Waals surface area contributed by atoms with Gasteiger partial charge in [-0.15, -0.1) is 0 Å². The quantitative estimate of drug-likeness (QED) is 0.646. The molecule has 0 radical (unpaired) electrons. The highest BCUT2D eigenvalue weighted by Gasteiger charge is 2.14. The van der Waals surface area contributed by atoms with Crippen LogP contribution in [0.3, 0.4) is 0 Å². The molecule has 0 aliphatic carbocycles. The van der Waals surface area contributed by atoms with Crippen molar-refractivity contribution in [3.05, 3.63) is 99.6 Å². The van der Waals surface area contributed by atoms with Crippen LogP contribution in [0, 0.1) is 27.7 Å². The molecule has 0 saturated carbocycles. The van der Waals surface area contributed by atoms with Gasteiger partial charge in [0.2, 0.25) is 0 Å². The van der Waals surface area contributed by atoms with Gasteiger partial charge >= 0.3 is 0 Å². The van der Waals surface area contributed by atoms with E-state index in [4.69, 9.17) is 0 Å². The summed E-state index contributed by atoms with van der Waals surface area (Å²) in [5.74, 6) is -0.141. The summed E-state index contributed by atoms with van der Waals surface area (Å²) in [7, 11) is 1.77. The molecule has 0 spiro atoms. The van der Waals surface area contributed by atoms with Crippen LogP contribution in [0.4, 0.5) is 5.69 Å². The van der Waals surface area contributed by atoms with Crippen molar-refractivity contribution >= 4 is 17.5 Å². The molecule has 4 nitrogen and oxygen atoms in total. The number of anilines is 1. The molecule has 0 bridgehead atoms. The van der Waals surface area contributed by atoms with Gasteiger partial charge in [0.25, 0.3) is 11.8 Å². The second kappa shape index (κ2) is 8.95. The van der Waals surface area contributed by atoms with E-state index in [1.165, 1.54) is 11.1 Å². The van der Waals surface area contributed by atoms with E-state index in [9.17, 15) is 9.59 Å². The van der Waals surface area contributed by atoms with Crippen LogP contribution in [0.2, 0.25) is 0 Å². The second-order valence-electron chi connectivity index (χ2n) is 7.81. The third-order valence-corrected chi connectivity index (χ3v) is 5.60. The molecule has 154 valence electrons. The molecule has 3 rings (SSSR count). The number of nitrogens with zero attached hydrogens (tertiary/aromatic N) is 1. The lowest BCUT2D eigenvalue weighted by Crippen LogP contribution is -2.26. The van der Waals surface area contributed by atoms with Crippen molar-refractivity contribution in [1.29, 1.82) is 0 Å². The van der Waals surface area contributed by atoms with Crippen LogP contribution in [-0.2, 0) is 6.54 Å². The van der Waals surface area contributed by atoms with Gasteiger partial charge in [-0.05, 0) is 91.9 Å². The summed E-state index contributed by atoms with van der Waals surface area (Å²) in [6, 6.07) is 19.1. The van der Waals surface area contributed by atoms with Crippen molar-refractivity contribution < 1.29 is 9.59 Å². The van der Waals surface area contributed by atoms with Gasteiger partial charge in [0, 0.05) is 30.4 Å². The lowest BCUT2D eigenvalue weighted by atomic mass is 10.1. The Hall–Kier alpha value is -3.40. The van der Waals surface area contributed by atoms with Crippen LogP contribution in [0.25, 0.3) is 0 Å². The molecule has 3 aromatic rings. The van der Waals surface area contributed by atoms with E-state index >= 15 is 0 Å². The molecule has 0 aliphatic rings. The molecule has 0 aromatic heterocycles. The number of carbonyl (C=O) groups excluding carboxylic acids is 2. The number of rotatable bonds is 5. The van der Waals surface area contributed by atoms with Gasteiger partial charge in [-0.1, -0.05) is 24.3 Å². The lowest BCUT2D eigenvalue weighted by molar-refractivity contribution is 0.0949. The van der Waals surface area contributed by atoms with Gasteiger partial charge < -0.3 is 10.2 Å². The van der Waals surface area contributed by atoms with E-state index in [2.05, 4.69) is 5.32 Å². The first-order valence-electron chi connectivity index (χ1n) is 10.1. The fourth-order valence-electron chi connectivity index (χ4n) is 3.19. The predicted octanol–water partition coefficient (Wildman–Crippen LogP) is 5.13. The first-order valence-corrected chi connectivity index (χ1v) is 10.1. The molecule has 0 aliphatic heterocycles. The summed E-state index contributed by atoms with van der Waals surface area (Å²) >= 11 is 0. The van der Waals surface area contributed by atoms with E-state index in [1.54, 1.807) is 11.9 Å². The Bertz CT molecular complexity index is 1080. The summed E-state index contributed by atoms with van der Waals surface area (Å²) in [4.78, 5) is 26.8. The fraction of sp³-hybridized carbons (Fsp3) is 0.231. The SMILES string of the molecule is Cc1ccc(C(=O)NCc2ccc(N(C)C(=O)c3ccc(C)c(C)c3)cc2)cc1C. The van der Waals surface area contributed by atoms with Crippen molar-refractivity contribution in [3.63, 3.8) is 0 Å². The maximum absolute atomic E-state index is 12.8. The first kappa shape index (κ1) is 21.3. The minimum absolute atomic E-state index is 0.0473. The van der Waals surface area contributed by atoms with Gasteiger partial charge in [-0.25, -0.2) is 0 Å². The van der Waals surface area contributed by atoms with Crippen LogP contribution in [0.5, 0.6) is 0 Å². The van der Waals surface area contributed by atoms with Crippen LogP contribution in [0.15, 0.2) is 60.7 Å². The second-order valence-corrected chi connectivity index (χ2v) is 7.81. The third kappa shape index (κ3) is 4.77. The molecule has 30 heavy (non-hydrogen) atoms. The zero-order valence-electron chi connectivity index (χ0n) is 18.2. The molecule has 0 heterocycles. The number of benzene rings is 3. The monoisotopic (exact) mass is 400 g/mol. The van der Waals surface area contributed by atoms with Gasteiger partial charge in [0.1, 0.15) is 0 Å². The molecule has 0 fully saturated rings. The summed E-state index contributed by atoms with van der Waals surface area (Å²) in [6.07, 6.45) is 0. The molecular weight excluding hydrogens is 372 g/mol. The van der Waals surface area contributed by atoms with E-state index in [1.807, 2.05) is 88.4 Å². The highest BCUT2D eigenvalue weighted by Crippen LogP contribution is 2.18.